The van der Waals surface area contributed by atoms with Crippen molar-refractivity contribution in [1.29, 1.82) is 0 Å². The SMILES string of the molecule is Cc1ccc(N2CCN(C(=O)c3cc(-c4ccccc4Cl)n[nH]3)C[C@H]2C)cc1. The van der Waals surface area contributed by atoms with Gasteiger partial charge in [-0.05, 0) is 38.1 Å². The van der Waals surface area contributed by atoms with Gasteiger partial charge in [0, 0.05) is 36.9 Å². The third kappa shape index (κ3) is 3.62. The Morgan fingerprint density at radius 1 is 1.14 bits per heavy atom. The minimum atomic E-state index is -0.0267. The molecule has 1 saturated heterocycles. The Kier molecular flexibility index (Phi) is 5.09. The number of rotatable bonds is 3. The lowest BCUT2D eigenvalue weighted by Gasteiger charge is -2.41. The van der Waals surface area contributed by atoms with Crippen LogP contribution in [0.25, 0.3) is 11.3 Å². The number of hydrogen-bond acceptors (Lipinski definition) is 3. The van der Waals surface area contributed by atoms with Crippen LogP contribution in [-0.2, 0) is 0 Å². The molecule has 5 nitrogen and oxygen atoms in total. The van der Waals surface area contributed by atoms with Crippen LogP contribution in [0.1, 0.15) is 23.0 Å². The number of nitrogens with one attached hydrogen (secondary N) is 1. The highest BCUT2D eigenvalue weighted by atomic mass is 35.5. The zero-order chi connectivity index (χ0) is 19.7. The maximum Gasteiger partial charge on any atom is 0.272 e. The van der Waals surface area contributed by atoms with Gasteiger partial charge in [0.25, 0.3) is 5.91 Å². The number of nitrogens with zero attached hydrogens (tertiary/aromatic N) is 3. The normalized spacial score (nSPS) is 17.0. The van der Waals surface area contributed by atoms with E-state index in [1.54, 1.807) is 6.07 Å². The van der Waals surface area contributed by atoms with E-state index < -0.39 is 0 Å². The molecule has 1 aliphatic rings. The summed E-state index contributed by atoms with van der Waals surface area (Å²) in [6.07, 6.45) is 0. The number of hydrogen-bond donors (Lipinski definition) is 1. The Hall–Kier alpha value is -2.79. The minimum Gasteiger partial charge on any atom is -0.365 e. The standard InChI is InChI=1S/C22H23ClN4O/c1-15-7-9-17(10-8-15)27-12-11-26(14-16(27)2)22(28)21-13-20(24-25-21)18-5-3-4-6-19(18)23/h3-10,13,16H,11-12,14H2,1-2H3,(H,24,25)/t16-/m1/s1. The number of benzene rings is 2. The number of carbonyl (C=O) groups excluding carboxylic acids is 1. The van der Waals surface area contributed by atoms with Gasteiger partial charge in [-0.15, -0.1) is 0 Å². The smallest absolute Gasteiger partial charge is 0.272 e. The number of carbonyl (C=O) groups is 1. The molecule has 1 aromatic heterocycles. The van der Waals surface area contributed by atoms with Crippen LogP contribution in [0.4, 0.5) is 5.69 Å². The quantitative estimate of drug-likeness (QED) is 0.716. The van der Waals surface area contributed by atoms with Crippen molar-refractivity contribution >= 4 is 23.2 Å². The monoisotopic (exact) mass is 394 g/mol. The minimum absolute atomic E-state index is 0.0267. The van der Waals surface area contributed by atoms with E-state index in [0.29, 0.717) is 29.5 Å². The number of piperazine rings is 1. The van der Waals surface area contributed by atoms with Gasteiger partial charge in [-0.25, -0.2) is 0 Å². The molecule has 0 unspecified atom stereocenters. The highest BCUT2D eigenvalue weighted by molar-refractivity contribution is 6.33. The lowest BCUT2D eigenvalue weighted by Crippen LogP contribution is -2.53. The molecular weight excluding hydrogens is 372 g/mol. The van der Waals surface area contributed by atoms with E-state index >= 15 is 0 Å². The lowest BCUT2D eigenvalue weighted by molar-refractivity contribution is 0.0720. The van der Waals surface area contributed by atoms with Crippen molar-refractivity contribution in [3.8, 4) is 11.3 Å². The average Bonchev–Trinajstić information content (AvgIpc) is 3.18. The molecule has 6 heteroatoms. The summed E-state index contributed by atoms with van der Waals surface area (Å²) in [4.78, 5) is 17.2. The number of aromatic amines is 1. The maximum atomic E-state index is 13.0. The molecule has 1 aliphatic heterocycles. The van der Waals surface area contributed by atoms with Crippen LogP contribution in [0.5, 0.6) is 0 Å². The van der Waals surface area contributed by atoms with Gasteiger partial charge in [0.2, 0.25) is 0 Å². The van der Waals surface area contributed by atoms with Gasteiger partial charge in [0.15, 0.2) is 0 Å². The summed E-state index contributed by atoms with van der Waals surface area (Å²) in [6, 6.07) is 18.1. The van der Waals surface area contributed by atoms with Crippen molar-refractivity contribution in [2.45, 2.75) is 19.9 Å². The molecule has 144 valence electrons. The first-order chi connectivity index (χ1) is 13.5. The largest absolute Gasteiger partial charge is 0.365 e. The van der Waals surface area contributed by atoms with Crippen molar-refractivity contribution in [1.82, 2.24) is 15.1 Å². The summed E-state index contributed by atoms with van der Waals surface area (Å²) in [5.74, 6) is -0.0267. The number of aryl methyl sites for hydroxylation is 1. The van der Waals surface area contributed by atoms with Gasteiger partial charge in [-0.3, -0.25) is 9.89 Å². The van der Waals surface area contributed by atoms with E-state index in [0.717, 1.165) is 12.1 Å². The fourth-order valence-electron chi connectivity index (χ4n) is 3.67. The predicted octanol–water partition coefficient (Wildman–Crippen LogP) is 4.39. The number of halogens is 1. The summed E-state index contributed by atoms with van der Waals surface area (Å²) in [5.41, 5.74) is 4.44. The second-order valence-corrected chi connectivity index (χ2v) is 7.68. The number of H-pyrrole nitrogens is 1. The van der Waals surface area contributed by atoms with Crippen LogP contribution in [0.3, 0.4) is 0 Å². The average molecular weight is 395 g/mol. The van der Waals surface area contributed by atoms with Crippen LogP contribution in [0.2, 0.25) is 5.02 Å². The maximum absolute atomic E-state index is 13.0. The van der Waals surface area contributed by atoms with Crippen LogP contribution >= 0.6 is 11.6 Å². The van der Waals surface area contributed by atoms with E-state index in [1.807, 2.05) is 29.2 Å². The van der Waals surface area contributed by atoms with E-state index in [2.05, 4.69) is 53.2 Å². The molecular formula is C22H23ClN4O. The summed E-state index contributed by atoms with van der Waals surface area (Å²) >= 11 is 6.24. The molecule has 2 aromatic carbocycles. The Balaban J connectivity index is 1.47. The summed E-state index contributed by atoms with van der Waals surface area (Å²) in [5, 5.41) is 7.78. The highest BCUT2D eigenvalue weighted by Gasteiger charge is 2.28. The molecule has 1 N–H and O–H groups in total. The molecule has 1 fully saturated rings. The number of anilines is 1. The van der Waals surface area contributed by atoms with Gasteiger partial charge in [-0.1, -0.05) is 47.5 Å². The zero-order valence-corrected chi connectivity index (χ0v) is 16.8. The second kappa shape index (κ2) is 7.68. The third-order valence-corrected chi connectivity index (χ3v) is 5.57. The van der Waals surface area contributed by atoms with Gasteiger partial charge in [0.1, 0.15) is 5.69 Å². The van der Waals surface area contributed by atoms with E-state index in [1.165, 1.54) is 11.3 Å². The molecule has 3 aromatic rings. The van der Waals surface area contributed by atoms with Crippen molar-refractivity contribution < 1.29 is 4.79 Å². The van der Waals surface area contributed by atoms with Crippen LogP contribution in [0.15, 0.2) is 54.6 Å². The lowest BCUT2D eigenvalue weighted by atomic mass is 10.1. The fourth-order valence-corrected chi connectivity index (χ4v) is 3.90. The molecule has 0 bridgehead atoms. The topological polar surface area (TPSA) is 52.2 Å². The van der Waals surface area contributed by atoms with Crippen LogP contribution < -0.4 is 4.90 Å². The second-order valence-electron chi connectivity index (χ2n) is 7.28. The van der Waals surface area contributed by atoms with Crippen molar-refractivity contribution in [3.05, 3.63) is 70.9 Å². The van der Waals surface area contributed by atoms with E-state index in [-0.39, 0.29) is 11.9 Å². The summed E-state index contributed by atoms with van der Waals surface area (Å²) < 4.78 is 0. The molecule has 28 heavy (non-hydrogen) atoms. The van der Waals surface area contributed by atoms with Gasteiger partial charge >= 0.3 is 0 Å². The number of aromatic nitrogens is 2. The zero-order valence-electron chi connectivity index (χ0n) is 16.0. The van der Waals surface area contributed by atoms with Gasteiger partial charge in [0.05, 0.1) is 10.7 Å². The predicted molar refractivity (Wildman–Crippen MR) is 113 cm³/mol. The Labute approximate surface area is 169 Å². The first-order valence-corrected chi connectivity index (χ1v) is 9.83. The molecule has 0 aliphatic carbocycles. The van der Waals surface area contributed by atoms with Gasteiger partial charge in [-0.2, -0.15) is 5.10 Å². The molecule has 0 spiro atoms. The van der Waals surface area contributed by atoms with Gasteiger partial charge < -0.3 is 9.80 Å². The fraction of sp³-hybridized carbons (Fsp3) is 0.273. The van der Waals surface area contributed by atoms with Crippen molar-refractivity contribution in [2.75, 3.05) is 24.5 Å². The van der Waals surface area contributed by atoms with Crippen LogP contribution in [0, 0.1) is 6.92 Å². The Morgan fingerprint density at radius 3 is 2.61 bits per heavy atom. The molecule has 4 rings (SSSR count). The third-order valence-electron chi connectivity index (χ3n) is 5.24. The molecule has 0 radical (unpaired) electrons. The highest BCUT2D eigenvalue weighted by Crippen LogP contribution is 2.27. The van der Waals surface area contributed by atoms with E-state index in [9.17, 15) is 4.79 Å². The molecule has 1 atom stereocenters. The summed E-state index contributed by atoms with van der Waals surface area (Å²) in [7, 11) is 0. The van der Waals surface area contributed by atoms with Crippen molar-refractivity contribution in [2.24, 2.45) is 0 Å². The first kappa shape index (κ1) is 18.6. The Morgan fingerprint density at radius 2 is 1.89 bits per heavy atom. The van der Waals surface area contributed by atoms with E-state index in [4.69, 9.17) is 11.6 Å². The number of amides is 1. The van der Waals surface area contributed by atoms with Crippen molar-refractivity contribution in [3.63, 3.8) is 0 Å². The summed E-state index contributed by atoms with van der Waals surface area (Å²) in [6.45, 7) is 6.40. The first-order valence-electron chi connectivity index (χ1n) is 9.46. The molecule has 2 heterocycles. The Bertz CT molecular complexity index is 982. The molecule has 1 amide bonds. The molecule has 0 saturated carbocycles. The van der Waals surface area contributed by atoms with Crippen LogP contribution in [-0.4, -0.2) is 46.7 Å².